The highest BCUT2D eigenvalue weighted by Crippen LogP contribution is 2.17. The molecule has 20 heavy (non-hydrogen) atoms. The van der Waals surface area contributed by atoms with E-state index < -0.39 is 6.10 Å². The minimum absolute atomic E-state index is 0.00327. The van der Waals surface area contributed by atoms with Crippen LogP contribution in [0.2, 0.25) is 0 Å². The molecule has 1 atom stereocenters. The Labute approximate surface area is 120 Å². The van der Waals surface area contributed by atoms with E-state index in [2.05, 4.69) is 6.92 Å². The third-order valence-electron chi connectivity index (χ3n) is 3.77. The van der Waals surface area contributed by atoms with Crippen LogP contribution in [-0.2, 0) is 11.2 Å². The van der Waals surface area contributed by atoms with Crippen molar-refractivity contribution in [2.24, 2.45) is 0 Å². The third-order valence-corrected chi connectivity index (χ3v) is 3.77. The zero-order valence-corrected chi connectivity index (χ0v) is 12.2. The van der Waals surface area contributed by atoms with Crippen LogP contribution < -0.4 is 4.74 Å². The Morgan fingerprint density at radius 3 is 2.50 bits per heavy atom. The monoisotopic (exact) mass is 277 g/mol. The maximum atomic E-state index is 12.3. The van der Waals surface area contributed by atoms with Crippen LogP contribution in [-0.4, -0.2) is 41.2 Å². The predicted molar refractivity (Wildman–Crippen MR) is 77.7 cm³/mol. The van der Waals surface area contributed by atoms with Crippen LogP contribution in [0.3, 0.4) is 0 Å². The zero-order valence-electron chi connectivity index (χ0n) is 12.2. The van der Waals surface area contributed by atoms with Gasteiger partial charge in [-0.3, -0.25) is 4.79 Å². The number of benzene rings is 1. The Balaban J connectivity index is 1.89. The van der Waals surface area contributed by atoms with E-state index in [1.807, 2.05) is 24.3 Å². The van der Waals surface area contributed by atoms with Crippen LogP contribution >= 0.6 is 0 Å². The molecule has 1 fully saturated rings. The standard InChI is InChI=1S/C16H23NO3/c1-3-13-4-6-15(7-5-13)20-12(2)16(19)17-10-8-14(18)9-11-17/h4-7,12,14,18H,3,8-11H2,1-2H3. The van der Waals surface area contributed by atoms with Gasteiger partial charge in [0.25, 0.3) is 5.91 Å². The number of ether oxygens (including phenoxy) is 1. The smallest absolute Gasteiger partial charge is 0.263 e. The van der Waals surface area contributed by atoms with E-state index in [1.165, 1.54) is 5.56 Å². The van der Waals surface area contributed by atoms with E-state index in [9.17, 15) is 9.90 Å². The molecule has 2 rings (SSSR count). The highest BCUT2D eigenvalue weighted by Gasteiger charge is 2.26. The van der Waals surface area contributed by atoms with E-state index in [4.69, 9.17) is 4.74 Å². The molecule has 1 unspecified atom stereocenters. The Kier molecular flexibility index (Phi) is 5.01. The van der Waals surface area contributed by atoms with E-state index in [0.29, 0.717) is 25.9 Å². The van der Waals surface area contributed by atoms with Gasteiger partial charge in [0, 0.05) is 13.1 Å². The fraction of sp³-hybridized carbons (Fsp3) is 0.562. The lowest BCUT2D eigenvalue weighted by atomic mass is 10.1. The maximum absolute atomic E-state index is 12.3. The highest BCUT2D eigenvalue weighted by atomic mass is 16.5. The number of aliphatic hydroxyl groups is 1. The molecule has 0 spiro atoms. The number of likely N-dealkylation sites (tertiary alicyclic amines) is 1. The molecule has 0 aliphatic carbocycles. The molecule has 0 saturated carbocycles. The number of hydrogen-bond acceptors (Lipinski definition) is 3. The Hall–Kier alpha value is -1.55. The minimum Gasteiger partial charge on any atom is -0.481 e. The quantitative estimate of drug-likeness (QED) is 0.915. The summed E-state index contributed by atoms with van der Waals surface area (Å²) in [6, 6.07) is 7.85. The molecule has 1 amide bonds. The van der Waals surface area contributed by atoms with Crippen molar-refractivity contribution in [1.29, 1.82) is 0 Å². The molecule has 0 aromatic heterocycles. The van der Waals surface area contributed by atoms with Crippen molar-refractivity contribution in [3.63, 3.8) is 0 Å². The van der Waals surface area contributed by atoms with E-state index in [1.54, 1.807) is 11.8 Å². The van der Waals surface area contributed by atoms with Crippen LogP contribution in [0.4, 0.5) is 0 Å². The largest absolute Gasteiger partial charge is 0.481 e. The molecule has 4 heteroatoms. The van der Waals surface area contributed by atoms with Gasteiger partial charge in [-0.15, -0.1) is 0 Å². The lowest BCUT2D eigenvalue weighted by Crippen LogP contribution is -2.45. The van der Waals surface area contributed by atoms with Crippen molar-refractivity contribution < 1.29 is 14.6 Å². The van der Waals surface area contributed by atoms with Crippen molar-refractivity contribution in [3.05, 3.63) is 29.8 Å². The van der Waals surface area contributed by atoms with Gasteiger partial charge >= 0.3 is 0 Å². The van der Waals surface area contributed by atoms with E-state index in [0.717, 1.165) is 12.2 Å². The number of rotatable bonds is 4. The number of piperidine rings is 1. The average Bonchev–Trinajstić information content (AvgIpc) is 2.48. The van der Waals surface area contributed by atoms with Gasteiger partial charge in [-0.25, -0.2) is 0 Å². The van der Waals surface area contributed by atoms with E-state index in [-0.39, 0.29) is 12.0 Å². The Morgan fingerprint density at radius 2 is 1.95 bits per heavy atom. The summed E-state index contributed by atoms with van der Waals surface area (Å²) >= 11 is 0. The summed E-state index contributed by atoms with van der Waals surface area (Å²) < 4.78 is 5.70. The molecule has 1 aromatic carbocycles. The number of aryl methyl sites for hydroxylation is 1. The Bertz CT molecular complexity index is 436. The predicted octanol–water partition coefficient (Wildman–Crippen LogP) is 2.00. The third kappa shape index (κ3) is 3.73. The summed E-state index contributed by atoms with van der Waals surface area (Å²) in [5.41, 5.74) is 1.25. The fourth-order valence-corrected chi connectivity index (χ4v) is 2.40. The second-order valence-corrected chi connectivity index (χ2v) is 5.31. The number of aliphatic hydroxyl groups excluding tert-OH is 1. The van der Waals surface area contributed by atoms with E-state index >= 15 is 0 Å². The molecule has 0 bridgehead atoms. The summed E-state index contributed by atoms with van der Waals surface area (Å²) in [7, 11) is 0. The number of carbonyl (C=O) groups is 1. The SMILES string of the molecule is CCc1ccc(OC(C)C(=O)N2CCC(O)CC2)cc1. The highest BCUT2D eigenvalue weighted by molar-refractivity contribution is 5.81. The molecule has 1 aliphatic heterocycles. The van der Waals surface area contributed by atoms with Gasteiger partial charge < -0.3 is 14.7 Å². The van der Waals surface area contributed by atoms with Crippen LogP contribution in [0, 0.1) is 0 Å². The maximum Gasteiger partial charge on any atom is 0.263 e. The summed E-state index contributed by atoms with van der Waals surface area (Å²) in [4.78, 5) is 14.0. The van der Waals surface area contributed by atoms with Crippen molar-refractivity contribution in [1.82, 2.24) is 4.90 Å². The first-order chi connectivity index (χ1) is 9.60. The molecule has 1 N–H and O–H groups in total. The first-order valence-electron chi connectivity index (χ1n) is 7.32. The van der Waals surface area contributed by atoms with Crippen molar-refractivity contribution >= 4 is 5.91 Å². The topological polar surface area (TPSA) is 49.8 Å². The molecule has 1 heterocycles. The molecule has 110 valence electrons. The first-order valence-corrected chi connectivity index (χ1v) is 7.32. The van der Waals surface area contributed by atoms with Crippen LogP contribution in [0.5, 0.6) is 5.75 Å². The number of amides is 1. The lowest BCUT2D eigenvalue weighted by Gasteiger charge is -2.31. The van der Waals surface area contributed by atoms with Gasteiger partial charge in [0.1, 0.15) is 5.75 Å². The number of nitrogens with zero attached hydrogens (tertiary/aromatic N) is 1. The molecule has 1 aromatic rings. The van der Waals surface area contributed by atoms with Crippen LogP contribution in [0.1, 0.15) is 32.3 Å². The molecule has 4 nitrogen and oxygen atoms in total. The second kappa shape index (κ2) is 6.75. The second-order valence-electron chi connectivity index (χ2n) is 5.31. The summed E-state index contributed by atoms with van der Waals surface area (Å²) in [6.45, 7) is 5.11. The van der Waals surface area contributed by atoms with Gasteiger partial charge in [-0.1, -0.05) is 19.1 Å². The number of hydrogen-bond donors (Lipinski definition) is 1. The van der Waals surface area contributed by atoms with Crippen LogP contribution in [0.15, 0.2) is 24.3 Å². The Morgan fingerprint density at radius 1 is 1.35 bits per heavy atom. The molecule has 0 radical (unpaired) electrons. The number of carbonyl (C=O) groups excluding carboxylic acids is 1. The zero-order chi connectivity index (χ0) is 14.5. The van der Waals surface area contributed by atoms with Gasteiger partial charge in [-0.2, -0.15) is 0 Å². The van der Waals surface area contributed by atoms with Crippen LogP contribution in [0.25, 0.3) is 0 Å². The van der Waals surface area contributed by atoms with Gasteiger partial charge in [-0.05, 0) is 43.9 Å². The summed E-state index contributed by atoms with van der Waals surface area (Å²) in [5.74, 6) is 0.719. The van der Waals surface area contributed by atoms with Gasteiger partial charge in [0.05, 0.1) is 6.10 Å². The lowest BCUT2D eigenvalue weighted by molar-refractivity contribution is -0.139. The first kappa shape index (κ1) is 14.9. The minimum atomic E-state index is -0.488. The normalized spacial score (nSPS) is 17.9. The summed E-state index contributed by atoms with van der Waals surface area (Å²) in [6.07, 6.45) is 1.55. The molecular formula is C16H23NO3. The summed E-state index contributed by atoms with van der Waals surface area (Å²) in [5, 5.41) is 9.46. The average molecular weight is 277 g/mol. The van der Waals surface area contributed by atoms with Gasteiger partial charge in [0.2, 0.25) is 0 Å². The molecule has 1 aliphatic rings. The fourth-order valence-electron chi connectivity index (χ4n) is 2.40. The van der Waals surface area contributed by atoms with Crippen molar-refractivity contribution in [3.8, 4) is 5.75 Å². The molecular weight excluding hydrogens is 254 g/mol. The van der Waals surface area contributed by atoms with Gasteiger partial charge in [0.15, 0.2) is 6.10 Å². The van der Waals surface area contributed by atoms with Crippen molar-refractivity contribution in [2.75, 3.05) is 13.1 Å². The molecule has 1 saturated heterocycles. The van der Waals surface area contributed by atoms with Crippen molar-refractivity contribution in [2.45, 2.75) is 45.3 Å².